The van der Waals surface area contributed by atoms with E-state index in [0.29, 0.717) is 22.1 Å². The fourth-order valence-electron chi connectivity index (χ4n) is 1.99. The molecule has 0 saturated heterocycles. The van der Waals surface area contributed by atoms with Crippen LogP contribution in [0.25, 0.3) is 11.6 Å². The van der Waals surface area contributed by atoms with Crippen LogP contribution in [0, 0.1) is 11.3 Å². The molecule has 0 aromatic heterocycles. The van der Waals surface area contributed by atoms with Crippen molar-refractivity contribution >= 4 is 23.3 Å². The summed E-state index contributed by atoms with van der Waals surface area (Å²) in [6.45, 7) is 0. The first-order chi connectivity index (χ1) is 10.2. The first-order valence-electron chi connectivity index (χ1n) is 6.28. The Morgan fingerprint density at radius 3 is 2.38 bits per heavy atom. The second-order valence-corrected chi connectivity index (χ2v) is 4.70. The number of nitrogens with zero attached hydrogens (tertiary/aromatic N) is 1. The highest BCUT2D eigenvalue weighted by molar-refractivity contribution is 6.30. The maximum atomic E-state index is 9.38. The standard InChI is InChI=1S/C17H14ClNO2/c1-20-16-5-3-4-13(17(16)21-2)10-14(11-19)12-6-8-15(18)9-7-12/h3-10H,1-2H3/b14-10+. The predicted molar refractivity (Wildman–Crippen MR) is 84.5 cm³/mol. The number of benzene rings is 2. The normalized spacial score (nSPS) is 10.9. The number of methoxy groups -OCH3 is 2. The van der Waals surface area contributed by atoms with Gasteiger partial charge in [-0.05, 0) is 29.8 Å². The van der Waals surface area contributed by atoms with Gasteiger partial charge in [-0.2, -0.15) is 5.26 Å². The van der Waals surface area contributed by atoms with Crippen molar-refractivity contribution in [1.82, 2.24) is 0 Å². The van der Waals surface area contributed by atoms with Crippen molar-refractivity contribution in [2.45, 2.75) is 0 Å². The predicted octanol–water partition coefficient (Wildman–Crippen LogP) is 4.42. The van der Waals surface area contributed by atoms with Gasteiger partial charge in [0.2, 0.25) is 0 Å². The minimum absolute atomic E-state index is 0.526. The number of rotatable bonds is 4. The summed E-state index contributed by atoms with van der Waals surface area (Å²) in [4.78, 5) is 0. The monoisotopic (exact) mass is 299 g/mol. The molecule has 0 amide bonds. The summed E-state index contributed by atoms with van der Waals surface area (Å²) < 4.78 is 10.6. The molecule has 3 nitrogen and oxygen atoms in total. The summed E-state index contributed by atoms with van der Waals surface area (Å²) in [6, 6.07) is 14.9. The smallest absolute Gasteiger partial charge is 0.167 e. The zero-order chi connectivity index (χ0) is 15.2. The third-order valence-corrected chi connectivity index (χ3v) is 3.26. The molecule has 0 radical (unpaired) electrons. The van der Waals surface area contributed by atoms with E-state index in [1.165, 1.54) is 0 Å². The Hall–Kier alpha value is -2.44. The average molecular weight is 300 g/mol. The lowest BCUT2D eigenvalue weighted by Crippen LogP contribution is -1.93. The van der Waals surface area contributed by atoms with Crippen LogP contribution in [0.3, 0.4) is 0 Å². The van der Waals surface area contributed by atoms with Crippen LogP contribution in [-0.2, 0) is 0 Å². The maximum Gasteiger partial charge on any atom is 0.167 e. The van der Waals surface area contributed by atoms with Crippen LogP contribution in [-0.4, -0.2) is 14.2 Å². The fraction of sp³-hybridized carbons (Fsp3) is 0.118. The lowest BCUT2D eigenvalue weighted by molar-refractivity contribution is 0.354. The van der Waals surface area contributed by atoms with E-state index in [0.717, 1.165) is 11.1 Å². The molecule has 2 rings (SSSR count). The number of nitriles is 1. The number of para-hydroxylation sites is 1. The van der Waals surface area contributed by atoms with Gasteiger partial charge in [-0.15, -0.1) is 0 Å². The van der Waals surface area contributed by atoms with Crippen LogP contribution in [0.2, 0.25) is 5.02 Å². The molecule has 21 heavy (non-hydrogen) atoms. The van der Waals surface area contributed by atoms with Gasteiger partial charge in [0.15, 0.2) is 11.5 Å². The van der Waals surface area contributed by atoms with Gasteiger partial charge in [0.25, 0.3) is 0 Å². The third kappa shape index (κ3) is 3.36. The number of hydrogen-bond donors (Lipinski definition) is 0. The molecule has 0 fully saturated rings. The van der Waals surface area contributed by atoms with Crippen LogP contribution in [0.1, 0.15) is 11.1 Å². The van der Waals surface area contributed by atoms with Crippen molar-refractivity contribution < 1.29 is 9.47 Å². The van der Waals surface area contributed by atoms with Gasteiger partial charge >= 0.3 is 0 Å². The van der Waals surface area contributed by atoms with Gasteiger partial charge in [-0.25, -0.2) is 0 Å². The molecule has 0 atom stereocenters. The molecule has 0 heterocycles. The number of halogens is 1. The quantitative estimate of drug-likeness (QED) is 0.620. The molecule has 2 aromatic rings. The highest BCUT2D eigenvalue weighted by Gasteiger charge is 2.09. The van der Waals surface area contributed by atoms with Crippen LogP contribution < -0.4 is 9.47 Å². The summed E-state index contributed by atoms with van der Waals surface area (Å²) in [6.07, 6.45) is 1.77. The first-order valence-corrected chi connectivity index (χ1v) is 6.66. The molecule has 0 bridgehead atoms. The molecule has 4 heteroatoms. The lowest BCUT2D eigenvalue weighted by Gasteiger charge is -2.10. The molecule has 2 aromatic carbocycles. The van der Waals surface area contributed by atoms with E-state index in [9.17, 15) is 5.26 Å². The van der Waals surface area contributed by atoms with Crippen LogP contribution in [0.5, 0.6) is 11.5 Å². The lowest BCUT2D eigenvalue weighted by atomic mass is 10.0. The van der Waals surface area contributed by atoms with Crippen molar-refractivity contribution in [3.63, 3.8) is 0 Å². The molecular weight excluding hydrogens is 286 g/mol. The van der Waals surface area contributed by atoms with Crippen molar-refractivity contribution in [1.29, 1.82) is 5.26 Å². The second kappa shape index (κ2) is 6.83. The fourth-order valence-corrected chi connectivity index (χ4v) is 2.12. The van der Waals surface area contributed by atoms with E-state index in [4.69, 9.17) is 21.1 Å². The zero-order valence-electron chi connectivity index (χ0n) is 11.8. The van der Waals surface area contributed by atoms with Gasteiger partial charge < -0.3 is 9.47 Å². The van der Waals surface area contributed by atoms with E-state index in [2.05, 4.69) is 6.07 Å². The van der Waals surface area contributed by atoms with E-state index in [1.807, 2.05) is 30.3 Å². The first kappa shape index (κ1) is 15.0. The highest BCUT2D eigenvalue weighted by Crippen LogP contribution is 2.33. The molecule has 0 aliphatic heterocycles. The Morgan fingerprint density at radius 1 is 1.10 bits per heavy atom. The Morgan fingerprint density at radius 2 is 1.81 bits per heavy atom. The van der Waals surface area contributed by atoms with Gasteiger partial charge in [-0.3, -0.25) is 0 Å². The number of ether oxygens (including phenoxy) is 2. The molecule has 0 spiro atoms. The Balaban J connectivity index is 2.50. The van der Waals surface area contributed by atoms with Crippen molar-refractivity contribution in [2.24, 2.45) is 0 Å². The van der Waals surface area contributed by atoms with Crippen molar-refractivity contribution in [3.8, 4) is 17.6 Å². The summed E-state index contributed by atoms with van der Waals surface area (Å²) >= 11 is 5.87. The summed E-state index contributed by atoms with van der Waals surface area (Å²) in [5.74, 6) is 1.22. The molecular formula is C17H14ClNO2. The highest BCUT2D eigenvalue weighted by atomic mass is 35.5. The molecule has 106 valence electrons. The Kier molecular flexibility index (Phi) is 4.86. The average Bonchev–Trinajstić information content (AvgIpc) is 2.53. The van der Waals surface area contributed by atoms with Crippen LogP contribution in [0.4, 0.5) is 0 Å². The van der Waals surface area contributed by atoms with E-state index in [-0.39, 0.29) is 0 Å². The van der Waals surface area contributed by atoms with Crippen LogP contribution >= 0.6 is 11.6 Å². The van der Waals surface area contributed by atoms with Crippen molar-refractivity contribution in [2.75, 3.05) is 14.2 Å². The van der Waals surface area contributed by atoms with E-state index >= 15 is 0 Å². The molecule has 0 saturated carbocycles. The molecule has 0 aliphatic carbocycles. The summed E-state index contributed by atoms with van der Waals surface area (Å²) in [5, 5.41) is 10.0. The van der Waals surface area contributed by atoms with Crippen LogP contribution in [0.15, 0.2) is 42.5 Å². The van der Waals surface area contributed by atoms with Crippen molar-refractivity contribution in [3.05, 3.63) is 58.6 Å². The Labute approximate surface area is 129 Å². The third-order valence-electron chi connectivity index (χ3n) is 3.01. The topological polar surface area (TPSA) is 42.2 Å². The SMILES string of the molecule is COc1cccc(/C=C(\C#N)c2ccc(Cl)cc2)c1OC. The maximum absolute atomic E-state index is 9.38. The summed E-state index contributed by atoms with van der Waals surface area (Å²) in [7, 11) is 3.15. The van der Waals surface area contributed by atoms with E-state index in [1.54, 1.807) is 32.4 Å². The van der Waals surface area contributed by atoms with Gasteiger partial charge in [0.05, 0.1) is 25.9 Å². The zero-order valence-corrected chi connectivity index (χ0v) is 12.5. The largest absolute Gasteiger partial charge is 0.493 e. The number of allylic oxidation sites excluding steroid dienone is 1. The Bertz CT molecular complexity index is 700. The minimum Gasteiger partial charge on any atom is -0.493 e. The molecule has 0 unspecified atom stereocenters. The summed E-state index contributed by atoms with van der Waals surface area (Å²) in [5.41, 5.74) is 2.10. The van der Waals surface area contributed by atoms with Gasteiger partial charge in [0.1, 0.15) is 0 Å². The second-order valence-electron chi connectivity index (χ2n) is 4.26. The van der Waals surface area contributed by atoms with Gasteiger partial charge in [-0.1, -0.05) is 35.9 Å². The van der Waals surface area contributed by atoms with Gasteiger partial charge in [0, 0.05) is 10.6 Å². The number of hydrogen-bond acceptors (Lipinski definition) is 3. The van der Waals surface area contributed by atoms with E-state index < -0.39 is 0 Å². The minimum atomic E-state index is 0.526. The molecule has 0 aliphatic rings. The molecule has 0 N–H and O–H groups in total.